The van der Waals surface area contributed by atoms with Gasteiger partial charge in [0.15, 0.2) is 5.96 Å². The quantitative estimate of drug-likeness (QED) is 0.381. The lowest BCUT2D eigenvalue weighted by molar-refractivity contribution is 0.136. The largest absolute Gasteiger partial charge is 0.357 e. The summed E-state index contributed by atoms with van der Waals surface area (Å²) in [5.74, 6) is 1.11. The van der Waals surface area contributed by atoms with Crippen molar-refractivity contribution in [1.82, 2.24) is 24.9 Å². The third-order valence-electron chi connectivity index (χ3n) is 6.31. The Morgan fingerprint density at radius 1 is 0.833 bits per heavy atom. The van der Waals surface area contributed by atoms with Gasteiger partial charge in [-0.25, -0.2) is 0 Å². The van der Waals surface area contributed by atoms with Crippen LogP contribution < -0.4 is 5.32 Å². The Bertz CT molecular complexity index is 603. The number of nitrogens with zero attached hydrogens (tertiary/aromatic N) is 5. The third-order valence-corrected chi connectivity index (χ3v) is 6.31. The van der Waals surface area contributed by atoms with E-state index in [9.17, 15) is 0 Å². The van der Waals surface area contributed by atoms with E-state index >= 15 is 0 Å². The van der Waals surface area contributed by atoms with Crippen LogP contribution in [0, 0.1) is 0 Å². The Morgan fingerprint density at radius 2 is 1.50 bits per heavy atom. The molecule has 0 aromatic heterocycles. The van der Waals surface area contributed by atoms with Gasteiger partial charge in [0, 0.05) is 72.0 Å². The molecule has 168 valence electrons. The summed E-state index contributed by atoms with van der Waals surface area (Å²) in [6, 6.07) is 10.8. The molecule has 1 aromatic carbocycles. The van der Waals surface area contributed by atoms with Crippen molar-refractivity contribution < 1.29 is 0 Å². The number of hydrogen-bond acceptors (Lipinski definition) is 4. The number of hydrogen-bond donors (Lipinski definition) is 1. The molecule has 1 aromatic rings. The van der Waals surface area contributed by atoms with E-state index in [4.69, 9.17) is 4.99 Å². The van der Waals surface area contributed by atoms with Crippen LogP contribution in [0.25, 0.3) is 0 Å². The minimum atomic E-state index is 0.932. The smallest absolute Gasteiger partial charge is 0.194 e. The van der Waals surface area contributed by atoms with Crippen LogP contribution in [-0.4, -0.2) is 104 Å². The van der Waals surface area contributed by atoms with Gasteiger partial charge in [0.25, 0.3) is 0 Å². The van der Waals surface area contributed by atoms with Crippen molar-refractivity contribution in [3.8, 4) is 0 Å². The lowest BCUT2D eigenvalue weighted by Crippen LogP contribution is -2.52. The number of unbranched alkanes of at least 4 members (excludes halogenated alkanes) is 1. The Labute approximate surface area is 183 Å². The molecule has 2 fully saturated rings. The molecule has 6 nitrogen and oxygen atoms in total. The monoisotopic (exact) mass is 414 g/mol. The van der Waals surface area contributed by atoms with Gasteiger partial charge in [0.2, 0.25) is 0 Å². The van der Waals surface area contributed by atoms with Crippen molar-refractivity contribution in [3.05, 3.63) is 35.9 Å². The van der Waals surface area contributed by atoms with E-state index in [2.05, 4.69) is 69.1 Å². The summed E-state index contributed by atoms with van der Waals surface area (Å²) in [5.41, 5.74) is 1.41. The number of rotatable bonds is 9. The van der Waals surface area contributed by atoms with Gasteiger partial charge >= 0.3 is 0 Å². The Hall–Kier alpha value is -1.63. The first-order valence-corrected chi connectivity index (χ1v) is 12.0. The van der Waals surface area contributed by atoms with E-state index in [1.165, 1.54) is 57.7 Å². The van der Waals surface area contributed by atoms with E-state index in [1.807, 2.05) is 0 Å². The minimum Gasteiger partial charge on any atom is -0.357 e. The lowest BCUT2D eigenvalue weighted by Gasteiger charge is -2.36. The highest BCUT2D eigenvalue weighted by Crippen LogP contribution is 2.09. The van der Waals surface area contributed by atoms with Gasteiger partial charge in [-0.2, -0.15) is 0 Å². The van der Waals surface area contributed by atoms with Gasteiger partial charge in [-0.1, -0.05) is 37.3 Å². The van der Waals surface area contributed by atoms with Crippen molar-refractivity contribution in [2.45, 2.75) is 33.2 Å². The van der Waals surface area contributed by atoms with E-state index in [-0.39, 0.29) is 0 Å². The van der Waals surface area contributed by atoms with Crippen LogP contribution >= 0.6 is 0 Å². The molecule has 2 aliphatic heterocycles. The fraction of sp³-hybridized carbons (Fsp3) is 0.708. The fourth-order valence-electron chi connectivity index (χ4n) is 4.35. The molecule has 0 unspecified atom stereocenters. The summed E-state index contributed by atoms with van der Waals surface area (Å²) >= 11 is 0. The highest BCUT2D eigenvalue weighted by Gasteiger charge is 2.19. The Balaban J connectivity index is 1.35. The maximum absolute atomic E-state index is 4.94. The lowest BCUT2D eigenvalue weighted by atomic mass is 10.2. The SMILES string of the molecule is CCNC(=NCCCCN1CCN(CC)CC1)N1CCN(Cc2ccccc2)CC1. The maximum Gasteiger partial charge on any atom is 0.194 e. The fourth-order valence-corrected chi connectivity index (χ4v) is 4.35. The standard InChI is InChI=1S/C24H42N6/c1-3-25-24(26-12-8-9-13-28-16-14-27(4-2)15-17-28)30-20-18-29(19-21-30)22-23-10-6-5-7-11-23/h5-7,10-11H,3-4,8-9,12-22H2,1-2H3,(H,25,26). The molecule has 6 heteroatoms. The molecule has 0 saturated carbocycles. The number of likely N-dealkylation sites (N-methyl/N-ethyl adjacent to an activating group) is 1. The minimum absolute atomic E-state index is 0.932. The van der Waals surface area contributed by atoms with Crippen LogP contribution in [0.15, 0.2) is 35.3 Å². The average molecular weight is 415 g/mol. The van der Waals surface area contributed by atoms with Gasteiger partial charge < -0.3 is 20.0 Å². The van der Waals surface area contributed by atoms with Crippen LogP contribution in [0.3, 0.4) is 0 Å². The number of benzene rings is 1. The summed E-state index contributed by atoms with van der Waals surface area (Å²) in [7, 11) is 0. The van der Waals surface area contributed by atoms with Gasteiger partial charge in [-0.3, -0.25) is 9.89 Å². The van der Waals surface area contributed by atoms with Crippen LogP contribution in [-0.2, 0) is 6.54 Å². The summed E-state index contributed by atoms with van der Waals surface area (Å²) in [6.07, 6.45) is 2.43. The second kappa shape index (κ2) is 12.9. The van der Waals surface area contributed by atoms with Gasteiger partial charge in [0.05, 0.1) is 0 Å². The summed E-state index contributed by atoms with van der Waals surface area (Å²) < 4.78 is 0. The van der Waals surface area contributed by atoms with Crippen molar-refractivity contribution >= 4 is 5.96 Å². The molecule has 0 amide bonds. The zero-order valence-electron chi connectivity index (χ0n) is 19.2. The molecule has 30 heavy (non-hydrogen) atoms. The molecule has 2 heterocycles. The van der Waals surface area contributed by atoms with Crippen molar-refractivity contribution in [2.75, 3.05) is 78.5 Å². The summed E-state index contributed by atoms with van der Waals surface area (Å²) in [5, 5.41) is 3.51. The average Bonchev–Trinajstić information content (AvgIpc) is 2.80. The number of piperazine rings is 2. The molecule has 0 radical (unpaired) electrons. The van der Waals surface area contributed by atoms with Crippen LogP contribution in [0.1, 0.15) is 32.3 Å². The first-order chi connectivity index (χ1) is 14.8. The van der Waals surface area contributed by atoms with E-state index in [0.717, 1.165) is 51.8 Å². The Morgan fingerprint density at radius 3 is 2.17 bits per heavy atom. The predicted molar refractivity (Wildman–Crippen MR) is 127 cm³/mol. The van der Waals surface area contributed by atoms with Crippen LogP contribution in [0.4, 0.5) is 0 Å². The molecule has 0 bridgehead atoms. The molecular formula is C24H42N6. The molecule has 0 spiro atoms. The molecule has 2 aliphatic rings. The van der Waals surface area contributed by atoms with Crippen molar-refractivity contribution in [2.24, 2.45) is 4.99 Å². The zero-order valence-corrected chi connectivity index (χ0v) is 19.2. The first kappa shape index (κ1) is 23.0. The molecule has 2 saturated heterocycles. The van der Waals surface area contributed by atoms with E-state index < -0.39 is 0 Å². The highest BCUT2D eigenvalue weighted by molar-refractivity contribution is 5.80. The van der Waals surface area contributed by atoms with Crippen LogP contribution in [0.5, 0.6) is 0 Å². The summed E-state index contributed by atoms with van der Waals surface area (Å²) in [4.78, 5) is 15.1. The van der Waals surface area contributed by atoms with Crippen molar-refractivity contribution in [3.63, 3.8) is 0 Å². The van der Waals surface area contributed by atoms with Crippen LogP contribution in [0.2, 0.25) is 0 Å². The number of aliphatic imine (C=N–C) groups is 1. The molecule has 0 aliphatic carbocycles. The highest BCUT2D eigenvalue weighted by atomic mass is 15.3. The van der Waals surface area contributed by atoms with Gasteiger partial charge in [-0.15, -0.1) is 0 Å². The van der Waals surface area contributed by atoms with E-state index in [0.29, 0.717) is 0 Å². The molecule has 1 N–H and O–H groups in total. The molecule has 3 rings (SSSR count). The second-order valence-corrected chi connectivity index (χ2v) is 8.47. The third kappa shape index (κ3) is 7.56. The van der Waals surface area contributed by atoms with Gasteiger partial charge in [-0.05, 0) is 38.4 Å². The topological polar surface area (TPSA) is 37.4 Å². The second-order valence-electron chi connectivity index (χ2n) is 8.47. The van der Waals surface area contributed by atoms with E-state index in [1.54, 1.807) is 0 Å². The maximum atomic E-state index is 4.94. The number of guanidine groups is 1. The zero-order chi connectivity index (χ0) is 21.0. The predicted octanol–water partition coefficient (Wildman–Crippen LogP) is 2.19. The molecular weight excluding hydrogens is 372 g/mol. The number of nitrogens with one attached hydrogen (secondary N) is 1. The van der Waals surface area contributed by atoms with Gasteiger partial charge in [0.1, 0.15) is 0 Å². The molecule has 0 atom stereocenters. The first-order valence-electron chi connectivity index (χ1n) is 12.0. The normalized spacial score (nSPS) is 19.9. The van der Waals surface area contributed by atoms with Crippen molar-refractivity contribution in [1.29, 1.82) is 0 Å². The Kier molecular flexibility index (Phi) is 9.93. The summed E-state index contributed by atoms with van der Waals surface area (Å²) in [6.45, 7) is 19.0.